The monoisotopic (exact) mass is 327 g/mol. The van der Waals surface area contributed by atoms with Gasteiger partial charge in [0.25, 0.3) is 0 Å². The zero-order chi connectivity index (χ0) is 16.6. The highest BCUT2D eigenvalue weighted by molar-refractivity contribution is 6.30. The molecule has 3 rings (SSSR count). The van der Waals surface area contributed by atoms with Crippen LogP contribution in [0.4, 0.5) is 0 Å². The summed E-state index contributed by atoms with van der Waals surface area (Å²) in [5.41, 5.74) is 3.65. The molecule has 0 radical (unpaired) electrons. The second kappa shape index (κ2) is 5.95. The van der Waals surface area contributed by atoms with E-state index in [0.29, 0.717) is 33.2 Å². The predicted molar refractivity (Wildman–Crippen MR) is 89.7 cm³/mol. The molecule has 6 heteroatoms. The van der Waals surface area contributed by atoms with Gasteiger partial charge >= 0.3 is 0 Å². The van der Waals surface area contributed by atoms with Gasteiger partial charge in [-0.25, -0.2) is 5.06 Å². The Hall–Kier alpha value is -2.50. The van der Waals surface area contributed by atoms with Crippen LogP contribution < -0.4 is 0 Å². The van der Waals surface area contributed by atoms with Gasteiger partial charge in [0.2, 0.25) is 0 Å². The van der Waals surface area contributed by atoms with Crippen molar-refractivity contribution in [3.8, 4) is 0 Å². The van der Waals surface area contributed by atoms with Gasteiger partial charge in [-0.3, -0.25) is 10.0 Å². The maximum atomic E-state index is 11.9. The summed E-state index contributed by atoms with van der Waals surface area (Å²) in [5.74, 6) is -0.00621. The molecule has 23 heavy (non-hydrogen) atoms. The molecule has 5 nitrogen and oxygen atoms in total. The summed E-state index contributed by atoms with van der Waals surface area (Å²) in [6.45, 7) is 3.49. The molecule has 0 saturated heterocycles. The first-order chi connectivity index (χ1) is 11.0. The van der Waals surface area contributed by atoms with E-state index in [1.54, 1.807) is 50.3 Å². The van der Waals surface area contributed by atoms with Crippen molar-refractivity contribution < 1.29 is 10.0 Å². The molecule has 1 N–H and O–H groups in total. The van der Waals surface area contributed by atoms with E-state index in [0.717, 1.165) is 10.6 Å². The number of allylic oxidation sites excluding steroid dienone is 6. The van der Waals surface area contributed by atoms with E-state index in [4.69, 9.17) is 11.6 Å². The van der Waals surface area contributed by atoms with Gasteiger partial charge in [-0.2, -0.15) is 0 Å². The number of hydroxylamine groups is 2. The van der Waals surface area contributed by atoms with E-state index in [-0.39, 0.29) is 5.78 Å². The Morgan fingerprint density at radius 3 is 2.30 bits per heavy atom. The molecule has 1 aliphatic carbocycles. The molecule has 1 aromatic rings. The molecule has 0 amide bonds. The number of carbonyl (C=O) groups is 1. The van der Waals surface area contributed by atoms with Crippen molar-refractivity contribution in [2.75, 3.05) is 0 Å². The van der Waals surface area contributed by atoms with Gasteiger partial charge in [-0.1, -0.05) is 23.7 Å². The van der Waals surface area contributed by atoms with Gasteiger partial charge in [0, 0.05) is 16.2 Å². The first kappa shape index (κ1) is 15.4. The molecule has 0 aromatic heterocycles. The van der Waals surface area contributed by atoms with Crippen LogP contribution in [0.25, 0.3) is 0 Å². The van der Waals surface area contributed by atoms with Crippen molar-refractivity contribution in [3.63, 3.8) is 0 Å². The minimum atomic E-state index is -0.00621. The highest BCUT2D eigenvalue weighted by atomic mass is 35.5. The molecule has 2 aliphatic rings. The van der Waals surface area contributed by atoms with E-state index >= 15 is 0 Å². The van der Waals surface area contributed by atoms with Crippen LogP contribution in [0.1, 0.15) is 19.4 Å². The van der Waals surface area contributed by atoms with Crippen molar-refractivity contribution in [1.82, 2.24) is 5.06 Å². The Morgan fingerprint density at radius 1 is 1.09 bits per heavy atom. The maximum absolute atomic E-state index is 11.9. The van der Waals surface area contributed by atoms with Crippen LogP contribution in [0.15, 0.2) is 69.0 Å². The minimum absolute atomic E-state index is 0.00621. The van der Waals surface area contributed by atoms with Gasteiger partial charge in [-0.15, -0.1) is 10.2 Å². The summed E-state index contributed by atoms with van der Waals surface area (Å²) in [5, 5.41) is 19.7. The fourth-order valence-corrected chi connectivity index (χ4v) is 2.63. The van der Waals surface area contributed by atoms with Crippen molar-refractivity contribution in [2.45, 2.75) is 13.8 Å². The van der Waals surface area contributed by atoms with Crippen LogP contribution in [-0.2, 0) is 4.79 Å². The first-order valence-corrected chi connectivity index (χ1v) is 7.36. The lowest BCUT2D eigenvalue weighted by Gasteiger charge is -2.23. The third-order valence-corrected chi connectivity index (χ3v) is 3.88. The second-order valence-corrected chi connectivity index (χ2v) is 5.76. The van der Waals surface area contributed by atoms with Crippen LogP contribution in [0.2, 0.25) is 5.02 Å². The Balaban J connectivity index is 2.17. The maximum Gasteiger partial charge on any atom is 0.184 e. The standard InChI is InChI=1S/C17H14ClN3O2/c1-10-7-13(8-11(2)17(10)22)16-15(20-19-9-21(16)23)12-3-5-14(18)6-4-12/h3-9,23H,1-2H3. The summed E-state index contributed by atoms with van der Waals surface area (Å²) in [4.78, 5) is 11.9. The molecular formula is C17H14ClN3O2. The molecule has 0 spiro atoms. The lowest BCUT2D eigenvalue weighted by molar-refractivity contribution is -0.112. The van der Waals surface area contributed by atoms with Gasteiger partial charge in [0.15, 0.2) is 5.78 Å². The van der Waals surface area contributed by atoms with Crippen LogP contribution in [0, 0.1) is 0 Å². The molecular weight excluding hydrogens is 314 g/mol. The topological polar surface area (TPSA) is 65.3 Å². The molecule has 116 valence electrons. The van der Waals surface area contributed by atoms with E-state index in [9.17, 15) is 10.0 Å². The minimum Gasteiger partial charge on any atom is -0.289 e. The average molecular weight is 328 g/mol. The summed E-state index contributed by atoms with van der Waals surface area (Å²) < 4.78 is 0. The lowest BCUT2D eigenvalue weighted by Crippen LogP contribution is -2.28. The number of hydrogen-bond acceptors (Lipinski definition) is 5. The second-order valence-electron chi connectivity index (χ2n) is 5.32. The highest BCUT2D eigenvalue weighted by Gasteiger charge is 2.24. The third kappa shape index (κ3) is 2.88. The lowest BCUT2D eigenvalue weighted by atomic mass is 9.92. The van der Waals surface area contributed by atoms with Crippen molar-refractivity contribution in [3.05, 3.63) is 69.4 Å². The Kier molecular flexibility index (Phi) is 3.98. The molecule has 0 bridgehead atoms. The zero-order valence-electron chi connectivity index (χ0n) is 12.6. The molecule has 0 atom stereocenters. The predicted octanol–water partition coefficient (Wildman–Crippen LogP) is 3.51. The molecule has 1 heterocycles. The molecule has 0 unspecified atom stereocenters. The molecule has 0 fully saturated rings. The molecule has 1 aromatic carbocycles. The quantitative estimate of drug-likeness (QED) is 0.858. The smallest absolute Gasteiger partial charge is 0.184 e. The van der Waals surface area contributed by atoms with E-state index in [2.05, 4.69) is 10.2 Å². The number of Topliss-reactive ketones (excluding diaryl/α,β-unsaturated/α-hetero) is 1. The summed E-state index contributed by atoms with van der Waals surface area (Å²) >= 11 is 5.92. The third-order valence-electron chi connectivity index (χ3n) is 3.62. The Morgan fingerprint density at radius 2 is 1.70 bits per heavy atom. The van der Waals surface area contributed by atoms with Crippen LogP contribution in [0.5, 0.6) is 0 Å². The van der Waals surface area contributed by atoms with Gasteiger partial charge in [0.05, 0.1) is 0 Å². The normalized spacial score (nSPS) is 18.0. The van der Waals surface area contributed by atoms with E-state index in [1.165, 1.54) is 6.34 Å². The fourth-order valence-electron chi connectivity index (χ4n) is 2.50. The van der Waals surface area contributed by atoms with Crippen molar-refractivity contribution in [2.24, 2.45) is 10.2 Å². The largest absolute Gasteiger partial charge is 0.289 e. The number of carbonyl (C=O) groups excluding carboxylic acids is 1. The van der Waals surface area contributed by atoms with Crippen LogP contribution in [0.3, 0.4) is 0 Å². The van der Waals surface area contributed by atoms with Crippen LogP contribution >= 0.6 is 11.6 Å². The number of hydrogen-bond donors (Lipinski definition) is 1. The Labute approximate surface area is 138 Å². The number of ketones is 1. The summed E-state index contributed by atoms with van der Waals surface area (Å²) in [6, 6.07) is 7.09. The average Bonchev–Trinajstić information content (AvgIpc) is 2.52. The fraction of sp³-hybridized carbons (Fsp3) is 0.118. The van der Waals surface area contributed by atoms with Gasteiger partial charge in [-0.05, 0) is 49.3 Å². The van der Waals surface area contributed by atoms with Crippen molar-refractivity contribution >= 4 is 29.4 Å². The van der Waals surface area contributed by atoms with E-state index in [1.807, 2.05) is 0 Å². The number of benzene rings is 1. The van der Waals surface area contributed by atoms with Gasteiger partial charge in [0.1, 0.15) is 17.7 Å². The molecule has 0 saturated carbocycles. The van der Waals surface area contributed by atoms with Crippen LogP contribution in [-0.4, -0.2) is 28.1 Å². The number of rotatable bonds is 1. The SMILES string of the molecule is CC1=CC(=C2C(c3ccc(Cl)cc3)=NN=CN2O)C=C(C)C1=O. The highest BCUT2D eigenvalue weighted by Crippen LogP contribution is 2.26. The van der Waals surface area contributed by atoms with E-state index < -0.39 is 0 Å². The zero-order valence-corrected chi connectivity index (χ0v) is 13.4. The number of halogens is 1. The van der Waals surface area contributed by atoms with Gasteiger partial charge < -0.3 is 0 Å². The summed E-state index contributed by atoms with van der Waals surface area (Å²) in [7, 11) is 0. The first-order valence-electron chi connectivity index (χ1n) is 6.98. The van der Waals surface area contributed by atoms with Crippen molar-refractivity contribution in [1.29, 1.82) is 0 Å². The number of nitrogens with zero attached hydrogens (tertiary/aromatic N) is 3. The molecule has 1 aliphatic heterocycles. The summed E-state index contributed by atoms with van der Waals surface area (Å²) in [6.07, 6.45) is 4.68. The Bertz CT molecular complexity index is 806.